The predicted octanol–water partition coefficient (Wildman–Crippen LogP) is 4.11. The lowest BCUT2D eigenvalue weighted by atomic mass is 10.2. The van der Waals surface area contributed by atoms with Gasteiger partial charge >= 0.3 is 0 Å². The van der Waals surface area contributed by atoms with E-state index in [4.69, 9.17) is 0 Å². The molecule has 1 aliphatic rings. The minimum Gasteiger partial charge on any atom is -0.267 e. The summed E-state index contributed by atoms with van der Waals surface area (Å²) in [5.41, 5.74) is 1.75. The molecule has 0 amide bonds. The first-order valence-corrected chi connectivity index (χ1v) is 9.66. The van der Waals surface area contributed by atoms with Crippen LogP contribution in [-0.2, 0) is 10.0 Å². The molecule has 0 aromatic heterocycles. The normalized spacial score (nSPS) is 16.6. The van der Waals surface area contributed by atoms with Crippen LogP contribution in [0.25, 0.3) is 0 Å². The summed E-state index contributed by atoms with van der Waals surface area (Å²) in [5.74, 6) is 0. The Morgan fingerprint density at radius 3 is 2.32 bits per heavy atom. The predicted molar refractivity (Wildman–Crippen MR) is 87.3 cm³/mol. The van der Waals surface area contributed by atoms with Crippen molar-refractivity contribution in [2.24, 2.45) is 0 Å². The monoisotopic (exact) mass is 471 g/mol. The molecule has 1 aliphatic heterocycles. The second-order valence-electron chi connectivity index (χ2n) is 4.23. The van der Waals surface area contributed by atoms with Gasteiger partial charge in [-0.3, -0.25) is 4.31 Å². The molecule has 0 fully saturated rings. The molecule has 0 unspecified atom stereocenters. The highest BCUT2D eigenvalue weighted by Crippen LogP contribution is 2.38. The Morgan fingerprint density at radius 2 is 1.79 bits per heavy atom. The number of alkyl halides is 2. The van der Waals surface area contributed by atoms with E-state index in [0.29, 0.717) is 23.6 Å². The van der Waals surface area contributed by atoms with E-state index in [2.05, 4.69) is 47.8 Å². The van der Waals surface area contributed by atoms with Gasteiger partial charge in [-0.2, -0.15) is 0 Å². The Kier molecular flexibility index (Phi) is 4.80. The highest BCUT2D eigenvalue weighted by Gasteiger charge is 2.34. The molecule has 0 N–H and O–H groups in total. The summed E-state index contributed by atoms with van der Waals surface area (Å²) in [4.78, 5) is 0.318. The summed E-state index contributed by atoms with van der Waals surface area (Å²) >= 11 is 10.2. The van der Waals surface area contributed by atoms with E-state index < -0.39 is 10.0 Å². The molecular weight excluding hydrogens is 462 g/mol. The third-order valence-electron chi connectivity index (χ3n) is 2.90. The summed E-state index contributed by atoms with van der Waals surface area (Å²) in [5, 5.41) is 0. The smallest absolute Gasteiger partial charge is 0.264 e. The van der Waals surface area contributed by atoms with Crippen LogP contribution in [0.1, 0.15) is 12.0 Å². The van der Waals surface area contributed by atoms with Gasteiger partial charge in [-0.05, 0) is 25.5 Å². The lowest BCUT2D eigenvalue weighted by molar-refractivity contribution is 0.500. The molecule has 0 saturated carbocycles. The van der Waals surface area contributed by atoms with Gasteiger partial charge in [0.05, 0.1) is 10.6 Å². The minimum atomic E-state index is -3.50. The number of rotatable bonds is 3. The van der Waals surface area contributed by atoms with E-state index in [1.807, 2.05) is 6.92 Å². The van der Waals surface area contributed by atoms with Crippen LogP contribution in [-0.4, -0.2) is 23.0 Å². The zero-order valence-electron chi connectivity index (χ0n) is 10.1. The van der Waals surface area contributed by atoms with Crippen molar-refractivity contribution in [1.82, 2.24) is 4.31 Å². The summed E-state index contributed by atoms with van der Waals surface area (Å²) in [6.45, 7) is 2.39. The molecule has 0 saturated heterocycles. The Morgan fingerprint density at radius 1 is 1.21 bits per heavy atom. The number of allylic oxidation sites excluding steroid dienone is 1. The van der Waals surface area contributed by atoms with Gasteiger partial charge in [0, 0.05) is 11.0 Å². The molecule has 1 aromatic rings. The third-order valence-corrected chi connectivity index (χ3v) is 6.39. The molecule has 7 heteroatoms. The van der Waals surface area contributed by atoms with Crippen molar-refractivity contribution in [2.75, 3.05) is 6.54 Å². The fourth-order valence-electron chi connectivity index (χ4n) is 1.90. The van der Waals surface area contributed by atoms with E-state index in [1.165, 1.54) is 4.31 Å². The number of hydrogen-bond acceptors (Lipinski definition) is 2. The van der Waals surface area contributed by atoms with Crippen molar-refractivity contribution >= 4 is 57.8 Å². The molecule has 0 atom stereocenters. The SMILES string of the molecule is Cc1ccc(S(=O)(=O)N2CCC(Br)=C2C(Br)Br)cc1. The van der Waals surface area contributed by atoms with Crippen molar-refractivity contribution in [1.29, 1.82) is 0 Å². The quantitative estimate of drug-likeness (QED) is 0.619. The molecule has 0 radical (unpaired) electrons. The van der Waals surface area contributed by atoms with Crippen LogP contribution in [0.3, 0.4) is 0 Å². The van der Waals surface area contributed by atoms with Crippen LogP contribution in [0.15, 0.2) is 39.3 Å². The zero-order valence-corrected chi connectivity index (χ0v) is 15.7. The number of hydrogen-bond donors (Lipinski definition) is 0. The fourth-order valence-corrected chi connectivity index (χ4v) is 6.11. The van der Waals surface area contributed by atoms with Crippen LogP contribution < -0.4 is 0 Å². The maximum Gasteiger partial charge on any atom is 0.264 e. The van der Waals surface area contributed by atoms with E-state index in [9.17, 15) is 8.42 Å². The summed E-state index contributed by atoms with van der Waals surface area (Å²) < 4.78 is 27.4. The van der Waals surface area contributed by atoms with Gasteiger partial charge in [0.1, 0.15) is 3.74 Å². The second-order valence-corrected chi connectivity index (χ2v) is 10.1. The van der Waals surface area contributed by atoms with Gasteiger partial charge < -0.3 is 0 Å². The number of benzene rings is 1. The number of sulfonamides is 1. The standard InChI is InChI=1S/C12H12Br3NO2S/c1-8-2-4-9(5-3-8)19(17,18)16-7-6-10(13)11(16)12(14)15/h2-5,12H,6-7H2,1H3. The Hall–Kier alpha value is 0.150. The number of halogens is 3. The van der Waals surface area contributed by atoms with Gasteiger partial charge in [-0.25, -0.2) is 8.42 Å². The molecule has 3 nitrogen and oxygen atoms in total. The minimum absolute atomic E-state index is 0.197. The molecule has 0 aliphatic carbocycles. The second kappa shape index (κ2) is 5.87. The lowest BCUT2D eigenvalue weighted by Crippen LogP contribution is -2.30. The summed E-state index contributed by atoms with van der Waals surface area (Å²) in [6.07, 6.45) is 0.689. The van der Waals surface area contributed by atoms with E-state index >= 15 is 0 Å². The lowest BCUT2D eigenvalue weighted by Gasteiger charge is -2.23. The first kappa shape index (κ1) is 15.5. The number of nitrogens with zero attached hydrogens (tertiary/aromatic N) is 1. The van der Waals surface area contributed by atoms with Crippen molar-refractivity contribution in [3.05, 3.63) is 40.0 Å². The fraction of sp³-hybridized carbons (Fsp3) is 0.333. The van der Waals surface area contributed by atoms with Crippen molar-refractivity contribution in [2.45, 2.75) is 22.0 Å². The van der Waals surface area contributed by atoms with Gasteiger partial charge in [-0.15, -0.1) is 0 Å². The van der Waals surface area contributed by atoms with Gasteiger partial charge in [-0.1, -0.05) is 65.5 Å². The third kappa shape index (κ3) is 3.09. The van der Waals surface area contributed by atoms with Gasteiger partial charge in [0.2, 0.25) is 0 Å². The first-order valence-electron chi connectivity index (χ1n) is 5.60. The van der Waals surface area contributed by atoms with E-state index in [1.54, 1.807) is 24.3 Å². The number of aryl methyl sites for hydroxylation is 1. The van der Waals surface area contributed by atoms with Crippen LogP contribution >= 0.6 is 47.8 Å². The maximum absolute atomic E-state index is 12.6. The van der Waals surface area contributed by atoms with Gasteiger partial charge in [0.15, 0.2) is 0 Å². The topological polar surface area (TPSA) is 37.4 Å². The summed E-state index contributed by atoms with van der Waals surface area (Å²) in [7, 11) is -3.50. The first-order chi connectivity index (χ1) is 8.84. The molecule has 1 heterocycles. The Balaban J connectivity index is 2.44. The average molecular weight is 474 g/mol. The van der Waals surface area contributed by atoms with Crippen molar-refractivity contribution in [3.8, 4) is 0 Å². The molecule has 0 spiro atoms. The Labute approximate surface area is 138 Å². The van der Waals surface area contributed by atoms with Crippen LogP contribution in [0.2, 0.25) is 0 Å². The summed E-state index contributed by atoms with van der Waals surface area (Å²) in [6, 6.07) is 6.90. The Bertz CT molecular complexity index is 608. The molecular formula is C12H12Br3NO2S. The molecule has 0 bridgehead atoms. The van der Waals surface area contributed by atoms with Crippen molar-refractivity contribution in [3.63, 3.8) is 0 Å². The largest absolute Gasteiger partial charge is 0.267 e. The van der Waals surface area contributed by atoms with Crippen LogP contribution in [0, 0.1) is 6.92 Å². The maximum atomic E-state index is 12.6. The van der Waals surface area contributed by atoms with Crippen molar-refractivity contribution < 1.29 is 8.42 Å². The van der Waals surface area contributed by atoms with E-state index in [0.717, 1.165) is 10.0 Å². The van der Waals surface area contributed by atoms with E-state index in [-0.39, 0.29) is 3.74 Å². The molecule has 1 aromatic carbocycles. The average Bonchev–Trinajstić information content (AvgIpc) is 2.72. The van der Waals surface area contributed by atoms with Crippen LogP contribution in [0.4, 0.5) is 0 Å². The molecule has 2 rings (SSSR count). The molecule has 19 heavy (non-hydrogen) atoms. The highest BCUT2D eigenvalue weighted by molar-refractivity contribution is 9.24. The van der Waals surface area contributed by atoms with Gasteiger partial charge in [0.25, 0.3) is 10.0 Å². The zero-order chi connectivity index (χ0) is 14.2. The highest BCUT2D eigenvalue weighted by atomic mass is 79.9. The molecule has 104 valence electrons. The van der Waals surface area contributed by atoms with Crippen LogP contribution in [0.5, 0.6) is 0 Å².